The van der Waals surface area contributed by atoms with Gasteiger partial charge in [0.15, 0.2) is 0 Å². The summed E-state index contributed by atoms with van der Waals surface area (Å²) < 4.78 is 5.22. The smallest absolute Gasteiger partial charge is 0.251 e. The second kappa shape index (κ2) is 7.79. The lowest BCUT2D eigenvalue weighted by Crippen LogP contribution is -2.43. The molecule has 6 heteroatoms. The molecule has 1 fully saturated rings. The van der Waals surface area contributed by atoms with Crippen LogP contribution in [-0.2, 0) is 9.53 Å². The summed E-state index contributed by atoms with van der Waals surface area (Å²) in [4.78, 5) is 25.6. The van der Waals surface area contributed by atoms with Crippen molar-refractivity contribution in [3.05, 3.63) is 29.8 Å². The van der Waals surface area contributed by atoms with E-state index in [0.29, 0.717) is 31.9 Å². The monoisotopic (exact) mass is 305 g/mol. The van der Waals surface area contributed by atoms with Gasteiger partial charge in [0.1, 0.15) is 0 Å². The van der Waals surface area contributed by atoms with Gasteiger partial charge in [0.05, 0.1) is 19.8 Å². The first kappa shape index (κ1) is 16.3. The van der Waals surface area contributed by atoms with Gasteiger partial charge >= 0.3 is 0 Å². The number of ether oxygens (including phenoxy) is 1. The molecule has 1 saturated heterocycles. The number of benzene rings is 1. The summed E-state index contributed by atoms with van der Waals surface area (Å²) in [7, 11) is 0. The van der Waals surface area contributed by atoms with E-state index in [9.17, 15) is 9.59 Å². The largest absolute Gasteiger partial charge is 0.378 e. The van der Waals surface area contributed by atoms with Crippen molar-refractivity contribution in [1.82, 2.24) is 10.2 Å². The predicted molar refractivity (Wildman–Crippen MR) is 84.9 cm³/mol. The van der Waals surface area contributed by atoms with Gasteiger partial charge in [-0.05, 0) is 38.1 Å². The van der Waals surface area contributed by atoms with Crippen molar-refractivity contribution in [2.45, 2.75) is 19.9 Å². The molecule has 2 rings (SSSR count). The van der Waals surface area contributed by atoms with Crippen molar-refractivity contribution >= 4 is 17.5 Å². The Labute approximate surface area is 130 Å². The molecule has 1 aromatic rings. The fraction of sp³-hybridized carbons (Fsp3) is 0.500. The first-order valence-electron chi connectivity index (χ1n) is 7.56. The van der Waals surface area contributed by atoms with Gasteiger partial charge in [-0.15, -0.1) is 0 Å². The van der Waals surface area contributed by atoms with Gasteiger partial charge < -0.3 is 20.3 Å². The first-order valence-corrected chi connectivity index (χ1v) is 7.56. The van der Waals surface area contributed by atoms with Crippen molar-refractivity contribution in [3.63, 3.8) is 0 Å². The lowest BCUT2D eigenvalue weighted by molar-refractivity contribution is -0.133. The van der Waals surface area contributed by atoms with Crippen LogP contribution in [0.3, 0.4) is 0 Å². The molecule has 2 amide bonds. The van der Waals surface area contributed by atoms with Crippen molar-refractivity contribution < 1.29 is 14.3 Å². The zero-order valence-corrected chi connectivity index (χ0v) is 13.1. The summed E-state index contributed by atoms with van der Waals surface area (Å²) in [5.41, 5.74) is 1.43. The van der Waals surface area contributed by atoms with Crippen LogP contribution in [0, 0.1) is 0 Å². The second-order valence-electron chi connectivity index (χ2n) is 5.55. The zero-order valence-electron chi connectivity index (χ0n) is 13.1. The summed E-state index contributed by atoms with van der Waals surface area (Å²) in [5.74, 6) is -0.0316. The van der Waals surface area contributed by atoms with E-state index in [4.69, 9.17) is 4.74 Å². The fourth-order valence-electron chi connectivity index (χ4n) is 2.19. The average Bonchev–Trinajstić information content (AvgIpc) is 2.53. The van der Waals surface area contributed by atoms with E-state index in [0.717, 1.165) is 5.69 Å². The minimum absolute atomic E-state index is 0.0601. The number of hydrogen-bond acceptors (Lipinski definition) is 4. The Bertz CT molecular complexity index is 508. The fourth-order valence-corrected chi connectivity index (χ4v) is 2.19. The number of carbonyl (C=O) groups is 2. The molecule has 0 radical (unpaired) electrons. The molecule has 0 aliphatic carbocycles. The van der Waals surface area contributed by atoms with E-state index in [1.54, 1.807) is 17.0 Å². The van der Waals surface area contributed by atoms with Gasteiger partial charge in [0.2, 0.25) is 5.91 Å². The number of morpholine rings is 1. The van der Waals surface area contributed by atoms with Gasteiger partial charge in [-0.25, -0.2) is 0 Å². The standard InChI is InChI=1S/C16H23N3O3/c1-12(2)18-16(21)13-3-5-14(6-4-13)17-11-15(20)19-7-9-22-10-8-19/h3-6,12,17H,7-11H2,1-2H3,(H,18,21). The van der Waals surface area contributed by atoms with E-state index < -0.39 is 0 Å². The van der Waals surface area contributed by atoms with Gasteiger partial charge in [0.25, 0.3) is 5.91 Å². The van der Waals surface area contributed by atoms with E-state index >= 15 is 0 Å². The number of carbonyl (C=O) groups excluding carboxylic acids is 2. The Morgan fingerprint density at radius 3 is 2.41 bits per heavy atom. The normalized spacial score (nSPS) is 14.8. The van der Waals surface area contributed by atoms with Crippen LogP contribution in [0.2, 0.25) is 0 Å². The Balaban J connectivity index is 1.83. The summed E-state index contributed by atoms with van der Waals surface area (Å²) in [6, 6.07) is 7.22. The molecular weight excluding hydrogens is 282 g/mol. The highest BCUT2D eigenvalue weighted by atomic mass is 16.5. The summed E-state index contributed by atoms with van der Waals surface area (Å²) >= 11 is 0. The van der Waals surface area contributed by atoms with Crippen molar-refractivity contribution in [2.75, 3.05) is 38.2 Å². The third-order valence-electron chi connectivity index (χ3n) is 3.37. The molecule has 1 heterocycles. The molecule has 1 aromatic carbocycles. The van der Waals surface area contributed by atoms with Crippen molar-refractivity contribution in [2.24, 2.45) is 0 Å². The summed E-state index contributed by atoms with van der Waals surface area (Å²) in [6.07, 6.45) is 0. The molecular formula is C16H23N3O3. The zero-order chi connectivity index (χ0) is 15.9. The van der Waals surface area contributed by atoms with E-state index in [2.05, 4.69) is 10.6 Å². The highest BCUT2D eigenvalue weighted by molar-refractivity contribution is 5.94. The Morgan fingerprint density at radius 2 is 1.82 bits per heavy atom. The molecule has 0 unspecified atom stereocenters. The predicted octanol–water partition coefficient (Wildman–Crippen LogP) is 1.10. The number of hydrogen-bond donors (Lipinski definition) is 2. The first-order chi connectivity index (χ1) is 10.6. The number of nitrogens with one attached hydrogen (secondary N) is 2. The maximum Gasteiger partial charge on any atom is 0.251 e. The SMILES string of the molecule is CC(C)NC(=O)c1ccc(NCC(=O)N2CCOCC2)cc1. The molecule has 0 aromatic heterocycles. The molecule has 0 bridgehead atoms. The Kier molecular flexibility index (Phi) is 5.77. The van der Waals surface area contributed by atoms with Crippen molar-refractivity contribution in [3.8, 4) is 0 Å². The maximum atomic E-state index is 12.0. The van der Waals surface area contributed by atoms with Crippen LogP contribution in [0.5, 0.6) is 0 Å². The minimum atomic E-state index is -0.0917. The Hall–Kier alpha value is -2.08. The topological polar surface area (TPSA) is 70.7 Å². The van der Waals surface area contributed by atoms with E-state index in [-0.39, 0.29) is 24.4 Å². The molecule has 6 nitrogen and oxygen atoms in total. The average molecular weight is 305 g/mol. The number of amides is 2. The minimum Gasteiger partial charge on any atom is -0.378 e. The van der Waals surface area contributed by atoms with Gasteiger partial charge in [-0.2, -0.15) is 0 Å². The lowest BCUT2D eigenvalue weighted by Gasteiger charge is -2.27. The number of nitrogens with zero attached hydrogens (tertiary/aromatic N) is 1. The Morgan fingerprint density at radius 1 is 1.18 bits per heavy atom. The molecule has 0 saturated carbocycles. The van der Waals surface area contributed by atoms with Crippen LogP contribution < -0.4 is 10.6 Å². The van der Waals surface area contributed by atoms with Crippen molar-refractivity contribution in [1.29, 1.82) is 0 Å². The molecule has 0 atom stereocenters. The van der Waals surface area contributed by atoms with E-state index in [1.165, 1.54) is 0 Å². The van der Waals surface area contributed by atoms with Crippen LogP contribution in [-0.4, -0.2) is 55.6 Å². The second-order valence-corrected chi connectivity index (χ2v) is 5.55. The maximum absolute atomic E-state index is 12.0. The van der Waals surface area contributed by atoms with Crippen LogP contribution in [0.4, 0.5) is 5.69 Å². The van der Waals surface area contributed by atoms with Crippen LogP contribution in [0.15, 0.2) is 24.3 Å². The third kappa shape index (κ3) is 4.73. The van der Waals surface area contributed by atoms with E-state index in [1.807, 2.05) is 26.0 Å². The number of rotatable bonds is 5. The molecule has 0 spiro atoms. The molecule has 1 aliphatic heterocycles. The van der Waals surface area contributed by atoms with Crippen LogP contribution in [0.25, 0.3) is 0 Å². The lowest BCUT2D eigenvalue weighted by atomic mass is 10.2. The molecule has 120 valence electrons. The molecule has 22 heavy (non-hydrogen) atoms. The third-order valence-corrected chi connectivity index (χ3v) is 3.37. The summed E-state index contributed by atoms with van der Waals surface area (Å²) in [5, 5.41) is 5.92. The van der Waals surface area contributed by atoms with Crippen LogP contribution in [0.1, 0.15) is 24.2 Å². The molecule has 1 aliphatic rings. The molecule has 2 N–H and O–H groups in total. The quantitative estimate of drug-likeness (QED) is 0.854. The van der Waals surface area contributed by atoms with Crippen LogP contribution >= 0.6 is 0 Å². The summed E-state index contributed by atoms with van der Waals surface area (Å²) in [6.45, 7) is 6.59. The van der Waals surface area contributed by atoms with Gasteiger partial charge in [-0.1, -0.05) is 0 Å². The van der Waals surface area contributed by atoms with Gasteiger partial charge in [0, 0.05) is 30.4 Å². The highest BCUT2D eigenvalue weighted by Gasteiger charge is 2.16. The van der Waals surface area contributed by atoms with Gasteiger partial charge in [-0.3, -0.25) is 9.59 Å². The highest BCUT2D eigenvalue weighted by Crippen LogP contribution is 2.10. The number of anilines is 1.